The molecule has 0 aliphatic rings. The van der Waals surface area contributed by atoms with Crippen LogP contribution in [0, 0.1) is 0 Å². The summed E-state index contributed by atoms with van der Waals surface area (Å²) in [6.45, 7) is -3.08. The Balaban J connectivity index is 0. The van der Waals surface area contributed by atoms with Crippen LogP contribution in [0.25, 0.3) is 0 Å². The van der Waals surface area contributed by atoms with Gasteiger partial charge in [-0.1, -0.05) is 0 Å². The largest absolute Gasteiger partial charge is 0.373 e. The molecule has 0 heterocycles. The van der Waals surface area contributed by atoms with Gasteiger partial charge in [0.05, 0.1) is 26.4 Å². The van der Waals surface area contributed by atoms with E-state index in [0.717, 1.165) is 0 Å². The highest BCUT2D eigenvalue weighted by atomic mass is 19.3. The minimum absolute atomic E-state index is 0.0862. The summed E-state index contributed by atoms with van der Waals surface area (Å²) < 4.78 is 109. The quantitative estimate of drug-likeness (QED) is 0.343. The van der Waals surface area contributed by atoms with E-state index < -0.39 is 52.1 Å². The summed E-state index contributed by atoms with van der Waals surface area (Å²) in [5, 5.41) is 0. The van der Waals surface area contributed by atoms with Crippen LogP contribution in [0.1, 0.15) is 0 Å². The summed E-state index contributed by atoms with van der Waals surface area (Å²) in [5.74, 6) is 0. The normalized spacial score (nSPS) is 11.5. The van der Waals surface area contributed by atoms with E-state index in [0.29, 0.717) is 0 Å². The molecule has 0 atom stereocenters. The molecule has 0 amide bonds. The van der Waals surface area contributed by atoms with Gasteiger partial charge >= 0.3 is 0 Å². The van der Waals surface area contributed by atoms with Crippen LogP contribution in [0.4, 0.5) is 35.1 Å². The minimum atomic E-state index is -2.53. The molecule has 0 aromatic carbocycles. The number of halogens is 8. The van der Waals surface area contributed by atoms with Crippen LogP contribution in [0.5, 0.6) is 0 Å². The summed E-state index contributed by atoms with van der Waals surface area (Å²) in [5.41, 5.74) is 0. The number of ether oxygens (including phenoxy) is 4. The molecule has 0 spiro atoms. The first-order chi connectivity index (χ1) is 11.3. The SMILES string of the molecule is FC(F)COCCOCC(F)F.FC(F)COCCOCC(F)F. The summed E-state index contributed by atoms with van der Waals surface area (Å²) in [6.07, 6.45) is -10.1. The molecule has 0 aromatic heterocycles. The summed E-state index contributed by atoms with van der Waals surface area (Å²) in [7, 11) is 0. The highest BCUT2D eigenvalue weighted by molar-refractivity contribution is 4.38. The summed E-state index contributed by atoms with van der Waals surface area (Å²) in [4.78, 5) is 0. The van der Waals surface area contributed by atoms with Crippen LogP contribution < -0.4 is 0 Å². The Bertz CT molecular complexity index is 199. The standard InChI is InChI=1S/2C6H10F4O2/c2*7-5(8)3-11-1-2-12-4-6(9)10/h2*5-6H,1-4H2. The topological polar surface area (TPSA) is 36.9 Å². The smallest absolute Gasteiger partial charge is 0.261 e. The van der Waals surface area contributed by atoms with Crippen molar-refractivity contribution in [2.75, 3.05) is 52.9 Å². The van der Waals surface area contributed by atoms with Crippen molar-refractivity contribution < 1.29 is 54.1 Å². The highest BCUT2D eigenvalue weighted by Gasteiger charge is 2.04. The van der Waals surface area contributed by atoms with E-state index in [4.69, 9.17) is 0 Å². The van der Waals surface area contributed by atoms with Crippen molar-refractivity contribution in [3.05, 3.63) is 0 Å². The lowest BCUT2D eigenvalue weighted by molar-refractivity contribution is -0.0316. The van der Waals surface area contributed by atoms with Gasteiger partial charge in [-0.2, -0.15) is 0 Å². The third-order valence-corrected chi connectivity index (χ3v) is 1.72. The minimum Gasteiger partial charge on any atom is -0.373 e. The lowest BCUT2D eigenvalue weighted by Gasteiger charge is -2.04. The maximum Gasteiger partial charge on any atom is 0.261 e. The van der Waals surface area contributed by atoms with Gasteiger partial charge in [0.2, 0.25) is 0 Å². The van der Waals surface area contributed by atoms with Gasteiger partial charge < -0.3 is 18.9 Å². The molecule has 0 aromatic rings. The predicted molar refractivity (Wildman–Crippen MR) is 67.3 cm³/mol. The Labute approximate surface area is 134 Å². The zero-order valence-corrected chi connectivity index (χ0v) is 12.6. The predicted octanol–water partition coefficient (Wildman–Crippen LogP) is 3.10. The molecule has 0 N–H and O–H groups in total. The molecule has 4 nitrogen and oxygen atoms in total. The number of rotatable bonds is 14. The number of hydrogen-bond donors (Lipinski definition) is 0. The van der Waals surface area contributed by atoms with Crippen LogP contribution in [-0.2, 0) is 18.9 Å². The number of hydrogen-bond acceptors (Lipinski definition) is 4. The first-order valence-corrected chi connectivity index (χ1v) is 6.69. The first kappa shape index (κ1) is 25.5. The maximum atomic E-state index is 11.4. The average Bonchev–Trinajstić information content (AvgIpc) is 2.46. The van der Waals surface area contributed by atoms with Crippen molar-refractivity contribution >= 4 is 0 Å². The Morgan fingerprint density at radius 1 is 0.375 bits per heavy atom. The highest BCUT2D eigenvalue weighted by Crippen LogP contribution is 1.95. The van der Waals surface area contributed by atoms with E-state index in [-0.39, 0.29) is 26.4 Å². The molecule has 0 radical (unpaired) electrons. The van der Waals surface area contributed by atoms with Crippen molar-refractivity contribution in [2.45, 2.75) is 25.7 Å². The second kappa shape index (κ2) is 18.6. The van der Waals surface area contributed by atoms with Crippen molar-refractivity contribution in [1.82, 2.24) is 0 Å². The molecule has 0 rings (SSSR count). The Morgan fingerprint density at radius 2 is 0.542 bits per heavy atom. The van der Waals surface area contributed by atoms with Crippen LogP contribution in [0.2, 0.25) is 0 Å². The van der Waals surface area contributed by atoms with Gasteiger partial charge in [-0.15, -0.1) is 0 Å². The van der Waals surface area contributed by atoms with Gasteiger partial charge in [0.15, 0.2) is 0 Å². The van der Waals surface area contributed by atoms with E-state index in [1.165, 1.54) is 0 Å². The maximum absolute atomic E-state index is 11.4. The second-order valence-corrected chi connectivity index (χ2v) is 3.86. The van der Waals surface area contributed by atoms with Gasteiger partial charge in [0.25, 0.3) is 25.7 Å². The molecular weight excluding hydrogens is 360 g/mol. The van der Waals surface area contributed by atoms with E-state index in [9.17, 15) is 35.1 Å². The van der Waals surface area contributed by atoms with E-state index in [1.54, 1.807) is 0 Å². The molecular formula is C12H20F8O4. The molecule has 148 valence electrons. The zero-order chi connectivity index (χ0) is 18.8. The van der Waals surface area contributed by atoms with Crippen LogP contribution in [0.3, 0.4) is 0 Å². The van der Waals surface area contributed by atoms with Gasteiger partial charge in [-0.05, 0) is 0 Å². The van der Waals surface area contributed by atoms with Gasteiger partial charge in [0, 0.05) is 0 Å². The monoisotopic (exact) mass is 380 g/mol. The fourth-order valence-corrected chi connectivity index (χ4v) is 0.925. The Hall–Kier alpha value is -0.720. The first-order valence-electron chi connectivity index (χ1n) is 6.69. The molecule has 0 saturated heterocycles. The van der Waals surface area contributed by atoms with Crippen LogP contribution in [0.15, 0.2) is 0 Å². The van der Waals surface area contributed by atoms with Gasteiger partial charge in [-0.3, -0.25) is 0 Å². The van der Waals surface area contributed by atoms with Crippen LogP contribution >= 0.6 is 0 Å². The average molecular weight is 380 g/mol. The molecule has 0 aliphatic carbocycles. The van der Waals surface area contributed by atoms with E-state index in [2.05, 4.69) is 18.9 Å². The van der Waals surface area contributed by atoms with Crippen LogP contribution in [-0.4, -0.2) is 78.6 Å². The van der Waals surface area contributed by atoms with Crippen molar-refractivity contribution in [1.29, 1.82) is 0 Å². The fraction of sp³-hybridized carbons (Fsp3) is 1.00. The Kier molecular flexibility index (Phi) is 19.8. The molecule has 0 unspecified atom stereocenters. The van der Waals surface area contributed by atoms with Crippen molar-refractivity contribution in [3.63, 3.8) is 0 Å². The molecule has 0 fully saturated rings. The van der Waals surface area contributed by atoms with Gasteiger partial charge in [0.1, 0.15) is 26.4 Å². The molecule has 24 heavy (non-hydrogen) atoms. The van der Waals surface area contributed by atoms with E-state index in [1.807, 2.05) is 0 Å². The zero-order valence-electron chi connectivity index (χ0n) is 12.6. The molecule has 0 saturated carbocycles. The second-order valence-electron chi connectivity index (χ2n) is 3.86. The Morgan fingerprint density at radius 3 is 0.667 bits per heavy atom. The van der Waals surface area contributed by atoms with E-state index >= 15 is 0 Å². The third kappa shape index (κ3) is 29.3. The molecule has 12 heteroatoms. The molecule has 0 aliphatic heterocycles. The lowest BCUT2D eigenvalue weighted by Crippen LogP contribution is -2.12. The van der Waals surface area contributed by atoms with Crippen molar-refractivity contribution in [2.24, 2.45) is 0 Å². The third-order valence-electron chi connectivity index (χ3n) is 1.72. The van der Waals surface area contributed by atoms with Gasteiger partial charge in [-0.25, -0.2) is 35.1 Å². The number of alkyl halides is 8. The summed E-state index contributed by atoms with van der Waals surface area (Å²) >= 11 is 0. The molecule has 0 bridgehead atoms. The van der Waals surface area contributed by atoms with Crippen molar-refractivity contribution in [3.8, 4) is 0 Å². The lowest BCUT2D eigenvalue weighted by atomic mass is 10.7. The summed E-state index contributed by atoms with van der Waals surface area (Å²) in [6, 6.07) is 0. The fourth-order valence-electron chi connectivity index (χ4n) is 0.925.